The van der Waals surface area contributed by atoms with Crippen molar-refractivity contribution in [2.45, 2.75) is 26.0 Å². The average Bonchev–Trinajstić information content (AvgIpc) is 2.40. The predicted molar refractivity (Wildman–Crippen MR) is 44.1 cm³/mol. The van der Waals surface area contributed by atoms with Gasteiger partial charge in [0, 0.05) is 5.56 Å². The Balaban J connectivity index is 3.15. The number of rotatable bonds is 4. The molecular formula is C7H7ClF4N2O. The second kappa shape index (κ2) is 4.80. The van der Waals surface area contributed by atoms with Gasteiger partial charge in [0.25, 0.3) is 12.9 Å². The molecule has 1 rings (SSSR count). The van der Waals surface area contributed by atoms with Crippen LogP contribution in [-0.2, 0) is 13.2 Å². The zero-order valence-corrected chi connectivity index (χ0v) is 8.06. The van der Waals surface area contributed by atoms with Crippen LogP contribution in [0.2, 0.25) is 5.15 Å². The smallest absolute Gasteiger partial charge is 0.280 e. The lowest BCUT2D eigenvalue weighted by molar-refractivity contribution is 0.102. The Kier molecular flexibility index (Phi) is 3.92. The fourth-order valence-corrected chi connectivity index (χ4v) is 1.39. The lowest BCUT2D eigenvalue weighted by Crippen LogP contribution is -2.12. The van der Waals surface area contributed by atoms with E-state index in [4.69, 9.17) is 16.7 Å². The number of hydrogen-bond acceptors (Lipinski definition) is 2. The summed E-state index contributed by atoms with van der Waals surface area (Å²) in [5.74, 6) is 0. The second-order valence-corrected chi connectivity index (χ2v) is 3.04. The lowest BCUT2D eigenvalue weighted by atomic mass is 10.2. The minimum atomic E-state index is -3.01. The average molecular weight is 247 g/mol. The maximum Gasteiger partial charge on any atom is 0.280 e. The molecular weight excluding hydrogens is 240 g/mol. The highest BCUT2D eigenvalue weighted by atomic mass is 35.5. The first kappa shape index (κ1) is 12.3. The van der Waals surface area contributed by atoms with Crippen molar-refractivity contribution in [2.24, 2.45) is 0 Å². The molecule has 0 atom stereocenters. The zero-order valence-electron chi connectivity index (χ0n) is 7.30. The van der Waals surface area contributed by atoms with E-state index in [1.165, 1.54) is 0 Å². The molecule has 8 heteroatoms. The molecule has 0 saturated carbocycles. The highest BCUT2D eigenvalue weighted by Gasteiger charge is 2.24. The van der Waals surface area contributed by atoms with E-state index in [-0.39, 0.29) is 10.7 Å². The van der Waals surface area contributed by atoms with Crippen LogP contribution in [0.5, 0.6) is 0 Å². The van der Waals surface area contributed by atoms with Crippen LogP contribution in [0.25, 0.3) is 0 Å². The van der Waals surface area contributed by atoms with Gasteiger partial charge in [-0.25, -0.2) is 17.6 Å². The van der Waals surface area contributed by atoms with Gasteiger partial charge >= 0.3 is 0 Å². The summed E-state index contributed by atoms with van der Waals surface area (Å²) in [7, 11) is 0. The monoisotopic (exact) mass is 246 g/mol. The summed E-state index contributed by atoms with van der Waals surface area (Å²) in [6.45, 7) is -1.73. The van der Waals surface area contributed by atoms with E-state index < -0.39 is 31.7 Å². The summed E-state index contributed by atoms with van der Waals surface area (Å²) in [5.41, 5.74) is -1.07. The first-order chi connectivity index (χ1) is 6.97. The molecule has 0 aliphatic rings. The Morgan fingerprint density at radius 2 is 1.93 bits per heavy atom. The summed E-state index contributed by atoms with van der Waals surface area (Å²) < 4.78 is 49.3. The van der Waals surface area contributed by atoms with Crippen LogP contribution in [0.3, 0.4) is 0 Å². The van der Waals surface area contributed by atoms with Gasteiger partial charge in [0.1, 0.15) is 12.2 Å². The summed E-state index contributed by atoms with van der Waals surface area (Å²) >= 11 is 5.41. The van der Waals surface area contributed by atoms with Gasteiger partial charge in [-0.05, 0) is 0 Å². The Morgan fingerprint density at radius 1 is 1.33 bits per heavy atom. The van der Waals surface area contributed by atoms with Crippen LogP contribution in [-0.4, -0.2) is 21.3 Å². The Hall–Kier alpha value is -0.820. The standard InChI is InChI=1S/C7H7ClF4N2O/c8-6-3(2-15)5(7(11)12)14(13-6)1-4(9)10/h4,7,15H,1-2H2. The maximum atomic E-state index is 12.5. The van der Waals surface area contributed by atoms with Crippen LogP contribution < -0.4 is 0 Å². The van der Waals surface area contributed by atoms with Crippen molar-refractivity contribution in [3.63, 3.8) is 0 Å². The molecule has 3 nitrogen and oxygen atoms in total. The molecule has 1 aromatic rings. The molecule has 0 aliphatic heterocycles. The number of halogens is 5. The molecule has 15 heavy (non-hydrogen) atoms. The highest BCUT2D eigenvalue weighted by Crippen LogP contribution is 2.28. The summed E-state index contributed by atoms with van der Waals surface area (Å²) in [4.78, 5) is 0. The summed E-state index contributed by atoms with van der Waals surface area (Å²) in [5, 5.41) is 11.7. The topological polar surface area (TPSA) is 38.1 Å². The van der Waals surface area contributed by atoms with Gasteiger partial charge in [0.15, 0.2) is 5.15 Å². The molecule has 0 radical (unpaired) electrons. The molecule has 0 fully saturated rings. The first-order valence-corrected chi connectivity index (χ1v) is 4.27. The largest absolute Gasteiger partial charge is 0.391 e. The third kappa shape index (κ3) is 2.60. The van der Waals surface area contributed by atoms with E-state index >= 15 is 0 Å². The molecule has 1 heterocycles. The van der Waals surface area contributed by atoms with Crippen molar-refractivity contribution in [3.05, 3.63) is 16.4 Å². The number of aliphatic hydroxyl groups is 1. The van der Waals surface area contributed by atoms with E-state index in [0.29, 0.717) is 4.68 Å². The number of hydrogen-bond donors (Lipinski definition) is 1. The van der Waals surface area contributed by atoms with Gasteiger partial charge in [-0.3, -0.25) is 4.68 Å². The number of alkyl halides is 4. The molecule has 0 amide bonds. The summed E-state index contributed by atoms with van der Waals surface area (Å²) in [6, 6.07) is 0. The molecule has 0 unspecified atom stereocenters. The number of aromatic nitrogens is 2. The molecule has 0 bridgehead atoms. The van der Waals surface area contributed by atoms with Crippen molar-refractivity contribution in [1.29, 1.82) is 0 Å². The minimum absolute atomic E-state index is 0.313. The SMILES string of the molecule is OCc1c(Cl)nn(CC(F)F)c1C(F)F. The minimum Gasteiger partial charge on any atom is -0.391 e. The van der Waals surface area contributed by atoms with Crippen LogP contribution >= 0.6 is 11.6 Å². The molecule has 1 N–H and O–H groups in total. The van der Waals surface area contributed by atoms with Gasteiger partial charge in [-0.2, -0.15) is 5.10 Å². The van der Waals surface area contributed by atoms with E-state index in [2.05, 4.69) is 5.10 Å². The van der Waals surface area contributed by atoms with E-state index in [0.717, 1.165) is 0 Å². The van der Waals surface area contributed by atoms with Crippen molar-refractivity contribution in [3.8, 4) is 0 Å². The molecule has 86 valence electrons. The highest BCUT2D eigenvalue weighted by molar-refractivity contribution is 6.30. The van der Waals surface area contributed by atoms with Gasteiger partial charge < -0.3 is 5.11 Å². The number of nitrogens with zero attached hydrogens (tertiary/aromatic N) is 2. The number of aliphatic hydroxyl groups excluding tert-OH is 1. The van der Waals surface area contributed by atoms with E-state index in [9.17, 15) is 17.6 Å². The fraction of sp³-hybridized carbons (Fsp3) is 0.571. The second-order valence-electron chi connectivity index (χ2n) is 2.69. The Bertz CT molecular complexity index is 342. The van der Waals surface area contributed by atoms with Crippen LogP contribution in [0.4, 0.5) is 17.6 Å². The van der Waals surface area contributed by atoms with E-state index in [1.54, 1.807) is 0 Å². The van der Waals surface area contributed by atoms with Crippen LogP contribution in [0.15, 0.2) is 0 Å². The van der Waals surface area contributed by atoms with Gasteiger partial charge in [-0.15, -0.1) is 0 Å². The molecule has 0 aromatic carbocycles. The van der Waals surface area contributed by atoms with Crippen LogP contribution in [0.1, 0.15) is 17.7 Å². The van der Waals surface area contributed by atoms with Gasteiger partial charge in [-0.1, -0.05) is 11.6 Å². The normalized spacial score (nSPS) is 11.7. The Labute approximate surface area is 87.3 Å². The van der Waals surface area contributed by atoms with E-state index in [1.807, 2.05) is 0 Å². The van der Waals surface area contributed by atoms with Crippen molar-refractivity contribution < 1.29 is 22.7 Å². The molecule has 0 spiro atoms. The van der Waals surface area contributed by atoms with Crippen molar-refractivity contribution in [2.75, 3.05) is 0 Å². The third-order valence-electron chi connectivity index (χ3n) is 1.72. The molecule has 0 aliphatic carbocycles. The lowest BCUT2D eigenvalue weighted by Gasteiger charge is -2.06. The van der Waals surface area contributed by atoms with Crippen molar-refractivity contribution >= 4 is 11.6 Å². The quantitative estimate of drug-likeness (QED) is 0.828. The Morgan fingerprint density at radius 3 is 2.33 bits per heavy atom. The molecule has 1 aromatic heterocycles. The van der Waals surface area contributed by atoms with Gasteiger partial charge in [0.05, 0.1) is 6.61 Å². The zero-order chi connectivity index (χ0) is 11.6. The summed E-state index contributed by atoms with van der Waals surface area (Å²) in [6.07, 6.45) is -5.82. The van der Waals surface area contributed by atoms with Crippen molar-refractivity contribution in [1.82, 2.24) is 9.78 Å². The fourth-order valence-electron chi connectivity index (χ4n) is 1.14. The predicted octanol–water partition coefficient (Wildman–Crippen LogP) is 2.23. The first-order valence-electron chi connectivity index (χ1n) is 3.89. The van der Waals surface area contributed by atoms with Gasteiger partial charge in [0.2, 0.25) is 0 Å². The third-order valence-corrected chi connectivity index (χ3v) is 2.02. The molecule has 0 saturated heterocycles. The van der Waals surface area contributed by atoms with Crippen LogP contribution in [0, 0.1) is 0 Å². The maximum absolute atomic E-state index is 12.5.